The highest BCUT2D eigenvalue weighted by Gasteiger charge is 2.30. The summed E-state index contributed by atoms with van der Waals surface area (Å²) in [4.78, 5) is 24.9. The van der Waals surface area contributed by atoms with Gasteiger partial charge in [-0.15, -0.1) is 0 Å². The maximum atomic E-state index is 13.8. The van der Waals surface area contributed by atoms with Gasteiger partial charge in [-0.2, -0.15) is 0 Å². The average molecular weight is 400 g/mol. The summed E-state index contributed by atoms with van der Waals surface area (Å²) in [6.07, 6.45) is 5.20. The summed E-state index contributed by atoms with van der Waals surface area (Å²) in [5.74, 6) is -1.07. The van der Waals surface area contributed by atoms with Crippen LogP contribution in [0.25, 0.3) is 6.08 Å². The van der Waals surface area contributed by atoms with Crippen LogP contribution < -0.4 is 9.47 Å². The molecule has 148 valence electrons. The first kappa shape index (κ1) is 19.3. The normalized spacial score (nSPS) is 14.1. The van der Waals surface area contributed by atoms with Crippen LogP contribution in [-0.2, 0) is 0 Å². The molecule has 0 saturated carbocycles. The number of carbonyl (C=O) groups is 2. The monoisotopic (exact) mass is 400 g/mol. The van der Waals surface area contributed by atoms with Crippen LogP contribution in [0.3, 0.4) is 0 Å². The Morgan fingerprint density at radius 2 is 1.77 bits per heavy atom. The molecule has 0 fully saturated rings. The molecule has 1 aliphatic rings. The van der Waals surface area contributed by atoms with Gasteiger partial charge < -0.3 is 9.47 Å². The molecule has 0 amide bonds. The topological polar surface area (TPSA) is 52.6 Å². The smallest absolute Gasteiger partial charge is 0.346 e. The molecule has 0 radical (unpaired) electrons. The van der Waals surface area contributed by atoms with Crippen molar-refractivity contribution < 1.29 is 23.5 Å². The van der Waals surface area contributed by atoms with Crippen molar-refractivity contribution in [2.75, 3.05) is 0 Å². The molecule has 0 saturated heterocycles. The van der Waals surface area contributed by atoms with E-state index in [1.165, 1.54) is 24.3 Å². The number of hydrogen-bond donors (Lipinski definition) is 0. The lowest BCUT2D eigenvalue weighted by atomic mass is 10.0. The van der Waals surface area contributed by atoms with Gasteiger partial charge in [0.15, 0.2) is 5.76 Å². The fourth-order valence-electron chi connectivity index (χ4n) is 3.15. The van der Waals surface area contributed by atoms with Gasteiger partial charge in [-0.3, -0.25) is 4.79 Å². The van der Waals surface area contributed by atoms with Crippen molar-refractivity contribution in [2.45, 2.75) is 6.92 Å². The largest absolute Gasteiger partial charge is 0.452 e. The number of rotatable bonds is 4. The number of halogens is 1. The Bertz CT molecular complexity index is 1190. The molecule has 0 spiro atoms. The van der Waals surface area contributed by atoms with E-state index >= 15 is 0 Å². The van der Waals surface area contributed by atoms with Crippen molar-refractivity contribution in [3.63, 3.8) is 0 Å². The third-order valence-electron chi connectivity index (χ3n) is 4.58. The number of benzene rings is 3. The SMILES string of the molecule is Cc1cc(OC(=O)c2ccccc2F)cc2c1C(=O)/C(=C/C=C/c1ccccc1)O2. The Kier molecular flexibility index (Phi) is 5.26. The summed E-state index contributed by atoms with van der Waals surface area (Å²) in [6, 6.07) is 18.3. The predicted octanol–water partition coefficient (Wildman–Crippen LogP) is 5.53. The zero-order chi connectivity index (χ0) is 21.1. The molecule has 0 bridgehead atoms. The first-order valence-electron chi connectivity index (χ1n) is 9.30. The summed E-state index contributed by atoms with van der Waals surface area (Å²) >= 11 is 0. The number of carbonyl (C=O) groups excluding carboxylic acids is 2. The van der Waals surface area contributed by atoms with Crippen LogP contribution in [-0.4, -0.2) is 11.8 Å². The van der Waals surface area contributed by atoms with Crippen LogP contribution in [0.5, 0.6) is 11.5 Å². The van der Waals surface area contributed by atoms with E-state index < -0.39 is 11.8 Å². The quantitative estimate of drug-likeness (QED) is 0.328. The second-order valence-electron chi connectivity index (χ2n) is 6.71. The standard InChI is InChI=1S/C25H17FO4/c1-16-14-18(29-25(28)19-11-5-6-12-20(19)26)15-22-23(16)24(27)21(30-22)13-7-10-17-8-3-2-4-9-17/h2-15H,1H3/b10-7+,21-13-. The molecule has 3 aromatic carbocycles. The molecule has 0 unspecified atom stereocenters. The van der Waals surface area contributed by atoms with Crippen molar-refractivity contribution in [3.8, 4) is 11.5 Å². The van der Waals surface area contributed by atoms with Crippen molar-refractivity contribution in [1.29, 1.82) is 0 Å². The lowest BCUT2D eigenvalue weighted by Crippen LogP contribution is -2.10. The average Bonchev–Trinajstić information content (AvgIpc) is 3.05. The van der Waals surface area contributed by atoms with Gasteiger partial charge in [0, 0.05) is 6.07 Å². The summed E-state index contributed by atoms with van der Waals surface area (Å²) in [5, 5.41) is 0. The summed E-state index contributed by atoms with van der Waals surface area (Å²) in [5.41, 5.74) is 1.85. The maximum absolute atomic E-state index is 13.8. The molecule has 4 nitrogen and oxygen atoms in total. The molecule has 0 N–H and O–H groups in total. The number of ether oxygens (including phenoxy) is 2. The van der Waals surface area contributed by atoms with Crippen molar-refractivity contribution >= 4 is 17.8 Å². The van der Waals surface area contributed by atoms with Gasteiger partial charge in [0.1, 0.15) is 17.3 Å². The van der Waals surface area contributed by atoms with Crippen LogP contribution in [0.1, 0.15) is 31.8 Å². The van der Waals surface area contributed by atoms with Crippen LogP contribution in [0.4, 0.5) is 4.39 Å². The Labute approximate surface area is 172 Å². The Morgan fingerprint density at radius 1 is 1.03 bits per heavy atom. The van der Waals surface area contributed by atoms with Crippen LogP contribution in [0.15, 0.2) is 84.6 Å². The summed E-state index contributed by atoms with van der Waals surface area (Å²) < 4.78 is 24.8. The predicted molar refractivity (Wildman–Crippen MR) is 111 cm³/mol. The van der Waals surface area contributed by atoms with Gasteiger partial charge in [-0.1, -0.05) is 54.6 Å². The third kappa shape index (κ3) is 3.91. The first-order chi connectivity index (χ1) is 14.5. The Balaban J connectivity index is 1.55. The second-order valence-corrected chi connectivity index (χ2v) is 6.71. The summed E-state index contributed by atoms with van der Waals surface area (Å²) in [7, 11) is 0. The molecule has 3 aromatic rings. The molecule has 30 heavy (non-hydrogen) atoms. The number of ketones is 1. The Hall–Kier alpha value is -3.99. The number of aryl methyl sites for hydroxylation is 1. The molecular formula is C25H17FO4. The van der Waals surface area contributed by atoms with Crippen LogP contribution >= 0.6 is 0 Å². The summed E-state index contributed by atoms with van der Waals surface area (Å²) in [6.45, 7) is 1.73. The number of allylic oxidation sites excluding steroid dienone is 3. The Morgan fingerprint density at radius 3 is 2.53 bits per heavy atom. The molecule has 0 atom stereocenters. The van der Waals surface area contributed by atoms with Crippen molar-refractivity contribution in [3.05, 3.63) is 113 Å². The van der Waals surface area contributed by atoms with Gasteiger partial charge in [-0.05, 0) is 42.3 Å². The van der Waals surface area contributed by atoms with E-state index in [0.29, 0.717) is 16.9 Å². The number of Topliss-reactive ketones (excluding diaryl/α,β-unsaturated/α-hetero) is 1. The molecule has 4 rings (SSSR count). The highest BCUT2D eigenvalue weighted by molar-refractivity contribution is 6.13. The minimum atomic E-state index is -0.821. The van der Waals surface area contributed by atoms with Gasteiger partial charge in [0.05, 0.1) is 11.1 Å². The van der Waals surface area contributed by atoms with Gasteiger partial charge in [-0.25, -0.2) is 9.18 Å². The van der Waals surface area contributed by atoms with Crippen molar-refractivity contribution in [1.82, 2.24) is 0 Å². The van der Waals surface area contributed by atoms with E-state index in [9.17, 15) is 14.0 Å². The zero-order valence-corrected chi connectivity index (χ0v) is 16.1. The van der Waals surface area contributed by atoms with E-state index in [1.807, 2.05) is 36.4 Å². The van der Waals surface area contributed by atoms with E-state index in [2.05, 4.69) is 0 Å². The van der Waals surface area contributed by atoms with Gasteiger partial charge in [0.25, 0.3) is 0 Å². The zero-order valence-electron chi connectivity index (χ0n) is 16.1. The molecule has 1 heterocycles. The van der Waals surface area contributed by atoms with Crippen molar-refractivity contribution in [2.24, 2.45) is 0 Å². The van der Waals surface area contributed by atoms with Gasteiger partial charge in [0.2, 0.25) is 5.78 Å². The molecule has 0 aliphatic carbocycles. The van der Waals surface area contributed by atoms with Crippen LogP contribution in [0.2, 0.25) is 0 Å². The minimum Gasteiger partial charge on any atom is -0.452 e. The fraction of sp³-hybridized carbons (Fsp3) is 0.0400. The van der Waals surface area contributed by atoms with Gasteiger partial charge >= 0.3 is 5.97 Å². The molecule has 1 aliphatic heterocycles. The number of esters is 1. The minimum absolute atomic E-state index is 0.167. The molecular weight excluding hydrogens is 383 g/mol. The highest BCUT2D eigenvalue weighted by atomic mass is 19.1. The van der Waals surface area contributed by atoms with E-state index in [4.69, 9.17) is 9.47 Å². The van der Waals surface area contributed by atoms with E-state index in [0.717, 1.165) is 5.56 Å². The molecule has 0 aromatic heterocycles. The maximum Gasteiger partial charge on any atom is 0.346 e. The van der Waals surface area contributed by atoms with Crippen LogP contribution in [0, 0.1) is 12.7 Å². The number of hydrogen-bond acceptors (Lipinski definition) is 4. The number of fused-ring (bicyclic) bond motifs is 1. The fourth-order valence-corrected chi connectivity index (χ4v) is 3.15. The molecule has 5 heteroatoms. The lowest BCUT2D eigenvalue weighted by Gasteiger charge is -2.08. The lowest BCUT2D eigenvalue weighted by molar-refractivity contribution is 0.0729. The van der Waals surface area contributed by atoms with E-state index in [1.54, 1.807) is 31.2 Å². The third-order valence-corrected chi connectivity index (χ3v) is 4.58. The second kappa shape index (κ2) is 8.17. The highest BCUT2D eigenvalue weighted by Crippen LogP contribution is 2.37. The first-order valence-corrected chi connectivity index (χ1v) is 9.30. The van der Waals surface area contributed by atoms with E-state index in [-0.39, 0.29) is 22.9 Å².